The first-order chi connectivity index (χ1) is 16.8. The van der Waals surface area contributed by atoms with Crippen molar-refractivity contribution in [1.82, 2.24) is 9.80 Å². The number of nitrogens with zero attached hydrogens (tertiary/aromatic N) is 3. The molecule has 2 N–H and O–H groups in total. The summed E-state index contributed by atoms with van der Waals surface area (Å²) in [5.74, 6) is 0.812. The zero-order valence-corrected chi connectivity index (χ0v) is 20.5. The largest absolute Gasteiger partial charge is 0.457 e. The minimum absolute atomic E-state index is 0.0358. The zero-order chi connectivity index (χ0) is 24.4. The fourth-order valence-corrected chi connectivity index (χ4v) is 5.46. The van der Waals surface area contributed by atoms with Crippen molar-refractivity contribution in [2.24, 2.45) is 10.1 Å². The molecule has 5 rings (SSSR count). The lowest BCUT2D eigenvalue weighted by Crippen LogP contribution is -2.47. The van der Waals surface area contributed by atoms with Crippen LogP contribution in [0.2, 0.25) is 0 Å². The van der Waals surface area contributed by atoms with Gasteiger partial charge in [0, 0.05) is 44.4 Å². The number of carbonyl (C=O) groups is 1. The second-order valence-corrected chi connectivity index (χ2v) is 10.9. The summed E-state index contributed by atoms with van der Waals surface area (Å²) in [6.45, 7) is 4.38. The molecule has 2 aromatic carbocycles. The highest BCUT2D eigenvalue weighted by atomic mass is 32.2. The van der Waals surface area contributed by atoms with Crippen LogP contribution < -0.4 is 5.14 Å². The van der Waals surface area contributed by atoms with E-state index in [0.29, 0.717) is 22.0 Å². The molecule has 2 aliphatic heterocycles. The minimum Gasteiger partial charge on any atom is -0.457 e. The molecule has 180 valence electrons. The molecule has 3 heterocycles. The van der Waals surface area contributed by atoms with Crippen molar-refractivity contribution < 1.29 is 17.6 Å². The van der Waals surface area contributed by atoms with Gasteiger partial charge in [-0.25, -0.2) is 13.6 Å². The van der Waals surface area contributed by atoms with Crippen molar-refractivity contribution in [3.63, 3.8) is 0 Å². The van der Waals surface area contributed by atoms with Crippen molar-refractivity contribution >= 4 is 38.9 Å². The molecule has 1 amide bonds. The molecule has 0 aliphatic carbocycles. The molecule has 0 atom stereocenters. The number of rotatable bonds is 5. The molecular formula is C25H24N4O4S2. The van der Waals surface area contributed by atoms with Crippen LogP contribution in [-0.2, 0) is 21.4 Å². The Bertz CT molecular complexity index is 1390. The number of hydrogen-bond donors (Lipinski definition) is 1. The predicted octanol–water partition coefficient (Wildman–Crippen LogP) is 3.38. The smallest absolute Gasteiger partial charge is 0.286 e. The number of thioether (sulfide) groups is 1. The van der Waals surface area contributed by atoms with Crippen LogP contribution in [-0.4, -0.2) is 55.5 Å². The topological polar surface area (TPSA) is 109 Å². The van der Waals surface area contributed by atoms with Gasteiger partial charge in [0.05, 0.1) is 9.80 Å². The van der Waals surface area contributed by atoms with Crippen LogP contribution >= 0.6 is 11.8 Å². The van der Waals surface area contributed by atoms with Crippen LogP contribution in [0, 0.1) is 0 Å². The van der Waals surface area contributed by atoms with Crippen LogP contribution in [0.3, 0.4) is 0 Å². The summed E-state index contributed by atoms with van der Waals surface area (Å²) in [4.78, 5) is 21.9. The van der Waals surface area contributed by atoms with E-state index in [9.17, 15) is 13.2 Å². The van der Waals surface area contributed by atoms with Gasteiger partial charge in [0.25, 0.3) is 5.91 Å². The van der Waals surface area contributed by atoms with E-state index >= 15 is 0 Å². The lowest BCUT2D eigenvalue weighted by molar-refractivity contribution is -0.113. The molecule has 0 unspecified atom stereocenters. The van der Waals surface area contributed by atoms with Gasteiger partial charge in [-0.15, -0.1) is 0 Å². The molecule has 1 aromatic heterocycles. The summed E-state index contributed by atoms with van der Waals surface area (Å²) in [5, 5.41) is 5.87. The number of amides is 1. The molecule has 8 nitrogen and oxygen atoms in total. The van der Waals surface area contributed by atoms with Gasteiger partial charge in [0.1, 0.15) is 11.5 Å². The van der Waals surface area contributed by atoms with Gasteiger partial charge in [0.15, 0.2) is 5.17 Å². The number of amidine groups is 1. The molecule has 3 aromatic rings. The van der Waals surface area contributed by atoms with Crippen LogP contribution in [0.25, 0.3) is 17.4 Å². The highest BCUT2D eigenvalue weighted by Crippen LogP contribution is 2.32. The first-order valence-corrected chi connectivity index (χ1v) is 13.5. The summed E-state index contributed by atoms with van der Waals surface area (Å²) in [6, 6.07) is 20.1. The quantitative estimate of drug-likeness (QED) is 0.526. The highest BCUT2D eigenvalue weighted by molar-refractivity contribution is 8.18. The lowest BCUT2D eigenvalue weighted by Gasteiger charge is -2.35. The Morgan fingerprint density at radius 3 is 2.37 bits per heavy atom. The minimum atomic E-state index is -3.75. The van der Waals surface area contributed by atoms with E-state index in [-0.39, 0.29) is 10.8 Å². The van der Waals surface area contributed by atoms with E-state index in [2.05, 4.69) is 39.1 Å². The normalized spacial score (nSPS) is 18.3. The molecule has 35 heavy (non-hydrogen) atoms. The van der Waals surface area contributed by atoms with Crippen molar-refractivity contribution in [1.29, 1.82) is 0 Å². The number of carbonyl (C=O) groups excluding carboxylic acids is 1. The van der Waals surface area contributed by atoms with Crippen molar-refractivity contribution in [3.05, 3.63) is 83.0 Å². The Morgan fingerprint density at radius 2 is 1.69 bits per heavy atom. The highest BCUT2D eigenvalue weighted by Gasteiger charge is 2.28. The molecule has 1 fully saturated rings. The molecular weight excluding hydrogens is 484 g/mol. The molecule has 1 saturated heterocycles. The van der Waals surface area contributed by atoms with E-state index < -0.39 is 10.0 Å². The first-order valence-electron chi connectivity index (χ1n) is 11.1. The number of nitrogens with two attached hydrogens (primary N) is 1. The van der Waals surface area contributed by atoms with E-state index in [0.717, 1.165) is 37.9 Å². The third kappa shape index (κ3) is 5.57. The molecule has 0 spiro atoms. The number of primary sulfonamides is 1. The molecule has 0 radical (unpaired) electrons. The zero-order valence-electron chi connectivity index (χ0n) is 18.8. The SMILES string of the molecule is NS(=O)(=O)c1ccc(-c2ccc(/C=C3/SC(N4CCN(Cc5ccccc5)CC4)=NC3=O)o2)cc1. The van der Waals surface area contributed by atoms with Gasteiger partial charge in [-0.2, -0.15) is 4.99 Å². The van der Waals surface area contributed by atoms with Crippen LogP contribution in [0.4, 0.5) is 0 Å². The van der Waals surface area contributed by atoms with Gasteiger partial charge in [-0.1, -0.05) is 30.3 Å². The Hall–Kier alpha value is -3.18. The fraction of sp³-hybridized carbons (Fsp3) is 0.200. The van der Waals surface area contributed by atoms with Gasteiger partial charge < -0.3 is 9.32 Å². The maximum atomic E-state index is 12.5. The van der Waals surface area contributed by atoms with E-state index in [4.69, 9.17) is 9.56 Å². The second-order valence-electron chi connectivity index (χ2n) is 8.33. The Kier molecular flexibility index (Phi) is 6.61. The third-order valence-electron chi connectivity index (χ3n) is 5.87. The summed E-state index contributed by atoms with van der Waals surface area (Å²) < 4.78 is 28.7. The standard InChI is InChI=1S/C25H24N4O4S2/c26-35(31,32)21-9-6-19(7-10-21)22-11-8-20(33-22)16-23-24(30)27-25(34-23)29-14-12-28(13-15-29)17-18-4-2-1-3-5-18/h1-11,16H,12-15,17H2,(H2,26,31,32)/b23-16+. The summed E-state index contributed by atoms with van der Waals surface area (Å²) >= 11 is 1.36. The van der Waals surface area contributed by atoms with E-state index in [1.807, 2.05) is 6.07 Å². The predicted molar refractivity (Wildman–Crippen MR) is 137 cm³/mol. The summed E-state index contributed by atoms with van der Waals surface area (Å²) in [6.07, 6.45) is 1.69. The second kappa shape index (κ2) is 9.82. The van der Waals surface area contributed by atoms with Crippen LogP contribution in [0.5, 0.6) is 0 Å². The average Bonchev–Trinajstić information content (AvgIpc) is 3.47. The number of aliphatic imine (C=N–C) groups is 1. The summed E-state index contributed by atoms with van der Waals surface area (Å²) in [7, 11) is -3.75. The number of sulfonamides is 1. The van der Waals surface area contributed by atoms with E-state index in [1.54, 1.807) is 30.3 Å². The number of piperazine rings is 1. The monoisotopic (exact) mass is 508 g/mol. The maximum Gasteiger partial charge on any atom is 0.286 e. The van der Waals surface area contributed by atoms with Crippen molar-refractivity contribution in [3.8, 4) is 11.3 Å². The van der Waals surface area contributed by atoms with Gasteiger partial charge in [-0.05, 0) is 53.7 Å². The Balaban J connectivity index is 1.20. The van der Waals surface area contributed by atoms with Gasteiger partial charge in [-0.3, -0.25) is 9.69 Å². The maximum absolute atomic E-state index is 12.5. The number of benzene rings is 2. The van der Waals surface area contributed by atoms with E-state index in [1.165, 1.54) is 29.5 Å². The van der Waals surface area contributed by atoms with Gasteiger partial charge >= 0.3 is 0 Å². The molecule has 0 bridgehead atoms. The number of furan rings is 1. The third-order valence-corrected chi connectivity index (χ3v) is 7.84. The molecule has 2 aliphatic rings. The first kappa shape index (κ1) is 23.6. The summed E-state index contributed by atoms with van der Waals surface area (Å²) in [5.41, 5.74) is 2.00. The van der Waals surface area contributed by atoms with Crippen LogP contribution in [0.15, 0.2) is 85.9 Å². The van der Waals surface area contributed by atoms with Gasteiger partial charge in [0.2, 0.25) is 10.0 Å². The lowest BCUT2D eigenvalue weighted by atomic mass is 10.2. The molecule has 10 heteroatoms. The average molecular weight is 509 g/mol. The number of hydrogen-bond acceptors (Lipinski definition) is 7. The fourth-order valence-electron chi connectivity index (χ4n) is 4.00. The Morgan fingerprint density at radius 1 is 0.971 bits per heavy atom. The van der Waals surface area contributed by atoms with Crippen LogP contribution in [0.1, 0.15) is 11.3 Å². The molecule has 0 saturated carbocycles. The van der Waals surface area contributed by atoms with Crippen molar-refractivity contribution in [2.75, 3.05) is 26.2 Å². The van der Waals surface area contributed by atoms with Crippen molar-refractivity contribution in [2.45, 2.75) is 11.4 Å². The Labute approximate surface area is 208 Å².